The Labute approximate surface area is 263 Å². The minimum absolute atomic E-state index is 0.0370. The summed E-state index contributed by atoms with van der Waals surface area (Å²) in [5.41, 5.74) is 3.48. The molecule has 1 N–H and O–H groups in total. The van der Waals surface area contributed by atoms with Crippen LogP contribution in [0.4, 0.5) is 16.2 Å². The maximum Gasteiger partial charge on any atom is 0.328 e. The average Bonchev–Trinajstić information content (AvgIpc) is 3.48. The van der Waals surface area contributed by atoms with Gasteiger partial charge >= 0.3 is 6.03 Å². The van der Waals surface area contributed by atoms with Gasteiger partial charge in [-0.05, 0) is 29.8 Å². The summed E-state index contributed by atoms with van der Waals surface area (Å²) >= 11 is 6.42. The number of nitrogens with one attached hydrogen (secondary N) is 1. The van der Waals surface area contributed by atoms with Gasteiger partial charge in [0.1, 0.15) is 34.6 Å². The highest BCUT2D eigenvalue weighted by Crippen LogP contribution is 2.31. The van der Waals surface area contributed by atoms with E-state index in [-0.39, 0.29) is 29.6 Å². The number of fused-ring (bicyclic) bond motifs is 1. The number of pyridine rings is 2. The van der Waals surface area contributed by atoms with E-state index < -0.39 is 17.1 Å². The quantitative estimate of drug-likeness (QED) is 0.105. The topological polar surface area (TPSA) is 147 Å². The summed E-state index contributed by atoms with van der Waals surface area (Å²) in [5.74, 6) is 1.34. The first kappa shape index (κ1) is 31.2. The Morgan fingerprint density at radius 3 is 2.67 bits per heavy atom. The minimum atomic E-state index is -0.651. The SMILES string of the molecule is COc1ccc(CN(C)c2cc(Cl)nc3c2ncn3C(=O)NCC(OCc2cccc([N+](=O)[O-])c2)c2ccccn2)c(OC)c1. The van der Waals surface area contributed by atoms with Gasteiger partial charge in [-0.2, -0.15) is 0 Å². The monoisotopic (exact) mass is 631 g/mol. The Bertz CT molecular complexity index is 1820. The number of non-ortho nitro benzene ring substituents is 1. The molecule has 0 spiro atoms. The number of methoxy groups -OCH3 is 2. The third-order valence-electron chi connectivity index (χ3n) is 7.01. The van der Waals surface area contributed by atoms with Crippen LogP contribution in [0.1, 0.15) is 22.9 Å². The number of hydrogen-bond acceptors (Lipinski definition) is 10. The molecule has 0 aliphatic rings. The number of carbonyl (C=O) groups excluding carboxylic acids is 1. The Morgan fingerprint density at radius 2 is 1.93 bits per heavy atom. The van der Waals surface area contributed by atoms with Crippen molar-refractivity contribution in [1.29, 1.82) is 0 Å². The van der Waals surface area contributed by atoms with Crippen molar-refractivity contribution in [2.24, 2.45) is 0 Å². The molecule has 3 aromatic heterocycles. The zero-order chi connectivity index (χ0) is 31.9. The highest BCUT2D eigenvalue weighted by molar-refractivity contribution is 6.30. The van der Waals surface area contributed by atoms with E-state index in [1.165, 1.54) is 23.0 Å². The maximum absolute atomic E-state index is 13.4. The van der Waals surface area contributed by atoms with E-state index in [4.69, 9.17) is 25.8 Å². The van der Waals surface area contributed by atoms with Gasteiger partial charge in [-0.3, -0.25) is 15.1 Å². The average molecular weight is 632 g/mol. The van der Waals surface area contributed by atoms with Crippen molar-refractivity contribution >= 4 is 40.2 Å². The zero-order valence-electron chi connectivity index (χ0n) is 24.7. The molecular weight excluding hydrogens is 602 g/mol. The first-order valence-electron chi connectivity index (χ1n) is 13.8. The van der Waals surface area contributed by atoms with Crippen LogP contribution in [0.3, 0.4) is 0 Å². The van der Waals surface area contributed by atoms with Gasteiger partial charge in [-0.15, -0.1) is 0 Å². The number of hydrogen-bond donors (Lipinski definition) is 1. The zero-order valence-corrected chi connectivity index (χ0v) is 25.5. The number of rotatable bonds is 12. The molecule has 5 rings (SSSR count). The lowest BCUT2D eigenvalue weighted by molar-refractivity contribution is -0.385. The molecule has 2 aromatic carbocycles. The van der Waals surface area contributed by atoms with Crippen LogP contribution in [0.5, 0.6) is 11.5 Å². The molecule has 1 amide bonds. The number of aromatic nitrogens is 4. The first-order chi connectivity index (χ1) is 21.8. The number of carbonyl (C=O) groups is 1. The molecule has 5 aromatic rings. The third-order valence-corrected chi connectivity index (χ3v) is 7.21. The number of nitrogens with zero attached hydrogens (tertiary/aromatic N) is 6. The summed E-state index contributed by atoms with van der Waals surface area (Å²) in [6, 6.07) is 18.3. The molecule has 1 unspecified atom stereocenters. The van der Waals surface area contributed by atoms with Crippen LogP contribution < -0.4 is 19.7 Å². The van der Waals surface area contributed by atoms with E-state index in [2.05, 4.69) is 20.3 Å². The smallest absolute Gasteiger partial charge is 0.328 e. The molecule has 0 bridgehead atoms. The normalized spacial score (nSPS) is 11.6. The molecule has 0 saturated heterocycles. The van der Waals surface area contributed by atoms with E-state index in [9.17, 15) is 14.9 Å². The van der Waals surface area contributed by atoms with Crippen molar-refractivity contribution in [1.82, 2.24) is 24.8 Å². The van der Waals surface area contributed by atoms with Crippen molar-refractivity contribution in [3.05, 3.63) is 111 Å². The number of halogens is 1. The Balaban J connectivity index is 1.34. The molecule has 14 heteroatoms. The second-order valence-electron chi connectivity index (χ2n) is 9.95. The Morgan fingerprint density at radius 1 is 1.09 bits per heavy atom. The Hall–Kier alpha value is -5.27. The van der Waals surface area contributed by atoms with E-state index >= 15 is 0 Å². The fraction of sp³-hybridized carbons (Fsp3) is 0.226. The lowest BCUT2D eigenvalue weighted by atomic mass is 10.1. The van der Waals surface area contributed by atoms with Crippen LogP contribution in [-0.2, 0) is 17.9 Å². The number of nitro benzene ring substituents is 1. The van der Waals surface area contributed by atoms with Crippen LogP contribution >= 0.6 is 11.6 Å². The Kier molecular flexibility index (Phi) is 9.70. The van der Waals surface area contributed by atoms with Gasteiger partial charge in [-0.25, -0.2) is 19.3 Å². The van der Waals surface area contributed by atoms with Crippen molar-refractivity contribution in [2.45, 2.75) is 19.3 Å². The van der Waals surface area contributed by atoms with E-state index in [1.807, 2.05) is 36.2 Å². The van der Waals surface area contributed by atoms with Crippen molar-refractivity contribution in [2.75, 3.05) is 32.7 Å². The van der Waals surface area contributed by atoms with Crippen molar-refractivity contribution < 1.29 is 23.9 Å². The van der Waals surface area contributed by atoms with Crippen molar-refractivity contribution in [3.8, 4) is 11.5 Å². The largest absolute Gasteiger partial charge is 0.497 e. The van der Waals surface area contributed by atoms with E-state index in [0.29, 0.717) is 40.5 Å². The van der Waals surface area contributed by atoms with Gasteiger partial charge < -0.3 is 24.4 Å². The molecule has 13 nitrogen and oxygen atoms in total. The summed E-state index contributed by atoms with van der Waals surface area (Å²) in [4.78, 5) is 39.3. The van der Waals surface area contributed by atoms with Gasteiger partial charge in [0.15, 0.2) is 5.65 Å². The predicted octanol–water partition coefficient (Wildman–Crippen LogP) is 5.56. The first-order valence-corrected chi connectivity index (χ1v) is 14.1. The maximum atomic E-state index is 13.4. The number of benzene rings is 2. The number of amides is 1. The second kappa shape index (κ2) is 14.0. The lowest BCUT2D eigenvalue weighted by Crippen LogP contribution is -2.33. The predicted molar refractivity (Wildman–Crippen MR) is 168 cm³/mol. The number of imidazole rings is 1. The van der Waals surface area contributed by atoms with Gasteiger partial charge in [-0.1, -0.05) is 29.8 Å². The van der Waals surface area contributed by atoms with Crippen LogP contribution in [0.25, 0.3) is 11.2 Å². The van der Waals surface area contributed by atoms with Crippen LogP contribution in [0, 0.1) is 10.1 Å². The lowest BCUT2D eigenvalue weighted by Gasteiger charge is -2.21. The highest BCUT2D eigenvalue weighted by Gasteiger charge is 2.21. The van der Waals surface area contributed by atoms with Gasteiger partial charge in [0, 0.05) is 49.6 Å². The van der Waals surface area contributed by atoms with E-state index in [1.54, 1.807) is 50.7 Å². The van der Waals surface area contributed by atoms with Gasteiger partial charge in [0.2, 0.25) is 0 Å². The molecule has 232 valence electrons. The minimum Gasteiger partial charge on any atom is -0.497 e. The summed E-state index contributed by atoms with van der Waals surface area (Å²) in [7, 11) is 5.07. The van der Waals surface area contributed by atoms with Crippen LogP contribution in [0.2, 0.25) is 5.15 Å². The number of ether oxygens (including phenoxy) is 3. The van der Waals surface area contributed by atoms with Crippen molar-refractivity contribution in [3.63, 3.8) is 0 Å². The fourth-order valence-corrected chi connectivity index (χ4v) is 4.93. The summed E-state index contributed by atoms with van der Waals surface area (Å²) < 4.78 is 18.2. The second-order valence-corrected chi connectivity index (χ2v) is 10.3. The standard InChI is InChI=1S/C31H30ClN7O6/c1-37(17-21-10-11-23(43-2)14-26(21)44-3)25-15-28(32)36-30-29(25)35-19-38(30)31(40)34-16-27(24-9-4-5-12-33-24)45-18-20-7-6-8-22(13-20)39(41)42/h4-15,19,27H,16-18H2,1-3H3,(H,34,40). The number of nitro groups is 1. The molecule has 3 heterocycles. The summed E-state index contributed by atoms with van der Waals surface area (Å²) in [6.45, 7) is 0.572. The molecule has 0 saturated carbocycles. The molecule has 0 aliphatic heterocycles. The third kappa shape index (κ3) is 7.28. The summed E-state index contributed by atoms with van der Waals surface area (Å²) in [6.07, 6.45) is 2.35. The van der Waals surface area contributed by atoms with E-state index in [0.717, 1.165) is 5.56 Å². The molecule has 1 atom stereocenters. The fourth-order valence-electron chi connectivity index (χ4n) is 4.74. The van der Waals surface area contributed by atoms with Gasteiger partial charge in [0.25, 0.3) is 5.69 Å². The highest BCUT2D eigenvalue weighted by atomic mass is 35.5. The molecule has 0 fully saturated rings. The molecule has 0 radical (unpaired) electrons. The van der Waals surface area contributed by atoms with Gasteiger partial charge in [0.05, 0.1) is 43.7 Å². The van der Waals surface area contributed by atoms with Crippen LogP contribution in [-0.4, -0.2) is 58.3 Å². The summed E-state index contributed by atoms with van der Waals surface area (Å²) in [5, 5.41) is 14.2. The molecule has 45 heavy (non-hydrogen) atoms. The molecular formula is C31H30ClN7O6. The number of anilines is 1. The van der Waals surface area contributed by atoms with Crippen LogP contribution in [0.15, 0.2) is 79.3 Å². The molecule has 0 aliphatic carbocycles.